The third kappa shape index (κ3) is 2.93. The first kappa shape index (κ1) is 14.8. The molecule has 1 N–H and O–H groups in total. The molecule has 2 rings (SSSR count). The summed E-state index contributed by atoms with van der Waals surface area (Å²) in [5.41, 5.74) is 0.332. The molecule has 0 bridgehead atoms. The fourth-order valence-corrected chi connectivity index (χ4v) is 2.58. The van der Waals surface area contributed by atoms with Gasteiger partial charge in [0, 0.05) is 25.1 Å². The molecule has 0 radical (unpaired) electrons. The SMILES string of the molecule is CCN1C(=O)CC[C@H]1C(=O)NCc1cccc(Cl)c1F. The standard InChI is InChI=1S/C14H16ClFN2O2/c1-2-18-11(6-7-12(18)19)14(20)17-8-9-4-3-5-10(15)13(9)16/h3-5,11H,2,6-8H2,1H3,(H,17,20)/t11-/m0/s1. The van der Waals surface area contributed by atoms with Gasteiger partial charge in [0.05, 0.1) is 5.02 Å². The summed E-state index contributed by atoms with van der Waals surface area (Å²) in [6.45, 7) is 2.40. The molecule has 4 nitrogen and oxygen atoms in total. The first-order valence-corrected chi connectivity index (χ1v) is 6.92. The largest absolute Gasteiger partial charge is 0.350 e. The van der Waals surface area contributed by atoms with Crippen LogP contribution in [0.5, 0.6) is 0 Å². The van der Waals surface area contributed by atoms with Crippen LogP contribution < -0.4 is 5.32 Å². The lowest BCUT2D eigenvalue weighted by atomic mass is 10.1. The van der Waals surface area contributed by atoms with Crippen LogP contribution in [0.1, 0.15) is 25.3 Å². The van der Waals surface area contributed by atoms with Crippen LogP contribution in [-0.4, -0.2) is 29.3 Å². The first-order chi connectivity index (χ1) is 9.54. The van der Waals surface area contributed by atoms with Crippen LogP contribution >= 0.6 is 11.6 Å². The predicted octanol–water partition coefficient (Wildman–Crippen LogP) is 2.11. The number of rotatable bonds is 4. The van der Waals surface area contributed by atoms with Crippen LogP contribution in [0.25, 0.3) is 0 Å². The summed E-state index contributed by atoms with van der Waals surface area (Å²) in [6, 6.07) is 4.20. The number of halogens is 2. The zero-order valence-corrected chi connectivity index (χ0v) is 11.9. The molecule has 1 aliphatic heterocycles. The Morgan fingerprint density at radius 1 is 1.55 bits per heavy atom. The van der Waals surface area contributed by atoms with Gasteiger partial charge in [0.25, 0.3) is 0 Å². The molecule has 20 heavy (non-hydrogen) atoms. The van der Waals surface area contributed by atoms with Gasteiger partial charge in [0.1, 0.15) is 11.9 Å². The minimum Gasteiger partial charge on any atom is -0.350 e. The third-order valence-electron chi connectivity index (χ3n) is 3.46. The van der Waals surface area contributed by atoms with Crippen molar-refractivity contribution in [2.75, 3.05) is 6.54 Å². The van der Waals surface area contributed by atoms with Crippen molar-refractivity contribution in [3.05, 3.63) is 34.6 Å². The Balaban J connectivity index is 1.99. The average molecular weight is 299 g/mol. The van der Waals surface area contributed by atoms with E-state index in [0.717, 1.165) is 0 Å². The molecule has 2 amide bonds. The number of hydrogen-bond acceptors (Lipinski definition) is 2. The van der Waals surface area contributed by atoms with Crippen molar-refractivity contribution in [3.8, 4) is 0 Å². The minimum absolute atomic E-state index is 0.0124. The molecule has 1 saturated heterocycles. The molecule has 0 saturated carbocycles. The highest BCUT2D eigenvalue weighted by Gasteiger charge is 2.34. The second-order valence-electron chi connectivity index (χ2n) is 4.66. The van der Waals surface area contributed by atoms with E-state index in [1.54, 1.807) is 17.0 Å². The predicted molar refractivity (Wildman–Crippen MR) is 73.7 cm³/mol. The molecule has 1 heterocycles. The van der Waals surface area contributed by atoms with Gasteiger partial charge in [-0.15, -0.1) is 0 Å². The Bertz CT molecular complexity index is 536. The second-order valence-corrected chi connectivity index (χ2v) is 5.07. The Hall–Kier alpha value is -1.62. The van der Waals surface area contributed by atoms with E-state index in [9.17, 15) is 14.0 Å². The number of carbonyl (C=O) groups is 2. The molecule has 1 aliphatic rings. The molecule has 1 atom stereocenters. The fraction of sp³-hybridized carbons (Fsp3) is 0.429. The molecule has 0 aromatic heterocycles. The molecular weight excluding hydrogens is 283 g/mol. The van der Waals surface area contributed by atoms with Crippen LogP contribution in [0.15, 0.2) is 18.2 Å². The van der Waals surface area contributed by atoms with Crippen LogP contribution in [0.4, 0.5) is 4.39 Å². The van der Waals surface area contributed by atoms with Gasteiger partial charge in [0.2, 0.25) is 11.8 Å². The number of nitrogens with one attached hydrogen (secondary N) is 1. The Kier molecular flexibility index (Phi) is 4.60. The molecule has 1 aromatic carbocycles. The molecule has 1 aromatic rings. The van der Waals surface area contributed by atoms with E-state index in [-0.39, 0.29) is 23.4 Å². The van der Waals surface area contributed by atoms with Crippen LogP contribution in [0.2, 0.25) is 5.02 Å². The van der Waals surface area contributed by atoms with E-state index >= 15 is 0 Å². The molecule has 0 unspecified atom stereocenters. The van der Waals surface area contributed by atoms with Gasteiger partial charge in [-0.1, -0.05) is 23.7 Å². The summed E-state index contributed by atoms with van der Waals surface area (Å²) < 4.78 is 13.7. The number of carbonyl (C=O) groups excluding carboxylic acids is 2. The summed E-state index contributed by atoms with van der Waals surface area (Å²) in [7, 11) is 0. The second kappa shape index (κ2) is 6.22. The van der Waals surface area contributed by atoms with E-state index < -0.39 is 11.9 Å². The van der Waals surface area contributed by atoms with E-state index in [1.807, 2.05) is 6.92 Å². The van der Waals surface area contributed by atoms with Gasteiger partial charge in [-0.2, -0.15) is 0 Å². The molecule has 0 aliphatic carbocycles. The summed E-state index contributed by atoms with van der Waals surface area (Å²) in [6.07, 6.45) is 0.897. The number of nitrogens with zero attached hydrogens (tertiary/aromatic N) is 1. The van der Waals surface area contributed by atoms with Gasteiger partial charge in [-0.25, -0.2) is 4.39 Å². The molecular formula is C14H16ClFN2O2. The Labute approximate surface area is 121 Å². The lowest BCUT2D eigenvalue weighted by molar-refractivity contribution is -0.135. The molecule has 0 spiro atoms. The monoisotopic (exact) mass is 298 g/mol. The van der Waals surface area contributed by atoms with Crippen molar-refractivity contribution >= 4 is 23.4 Å². The van der Waals surface area contributed by atoms with E-state index in [0.29, 0.717) is 24.9 Å². The summed E-state index contributed by atoms with van der Waals surface area (Å²) in [4.78, 5) is 25.2. The lowest BCUT2D eigenvalue weighted by Gasteiger charge is -2.22. The zero-order chi connectivity index (χ0) is 14.7. The van der Waals surface area contributed by atoms with Gasteiger partial charge in [-0.05, 0) is 19.4 Å². The fourth-order valence-electron chi connectivity index (χ4n) is 2.39. The van der Waals surface area contributed by atoms with Crippen molar-refractivity contribution in [2.45, 2.75) is 32.4 Å². The molecule has 1 fully saturated rings. The molecule has 108 valence electrons. The number of amides is 2. The number of hydrogen-bond donors (Lipinski definition) is 1. The van der Waals surface area contributed by atoms with Gasteiger partial charge in [0.15, 0.2) is 0 Å². The number of likely N-dealkylation sites (N-methyl/N-ethyl adjacent to an activating group) is 1. The van der Waals surface area contributed by atoms with Gasteiger partial charge >= 0.3 is 0 Å². The van der Waals surface area contributed by atoms with Crippen molar-refractivity contribution in [3.63, 3.8) is 0 Å². The smallest absolute Gasteiger partial charge is 0.243 e. The quantitative estimate of drug-likeness (QED) is 0.925. The van der Waals surface area contributed by atoms with E-state index in [4.69, 9.17) is 11.6 Å². The highest BCUT2D eigenvalue weighted by atomic mass is 35.5. The van der Waals surface area contributed by atoms with Crippen molar-refractivity contribution < 1.29 is 14.0 Å². The van der Waals surface area contributed by atoms with Crippen molar-refractivity contribution in [1.82, 2.24) is 10.2 Å². The summed E-state index contributed by atoms with van der Waals surface area (Å²) >= 11 is 5.68. The maximum absolute atomic E-state index is 13.7. The highest BCUT2D eigenvalue weighted by molar-refractivity contribution is 6.30. The maximum Gasteiger partial charge on any atom is 0.243 e. The Morgan fingerprint density at radius 2 is 2.30 bits per heavy atom. The van der Waals surface area contributed by atoms with Crippen LogP contribution in [0.3, 0.4) is 0 Å². The van der Waals surface area contributed by atoms with Crippen LogP contribution in [0, 0.1) is 5.82 Å². The molecule has 6 heteroatoms. The Morgan fingerprint density at radius 3 is 3.00 bits per heavy atom. The van der Waals surface area contributed by atoms with Crippen molar-refractivity contribution in [1.29, 1.82) is 0 Å². The average Bonchev–Trinajstić information content (AvgIpc) is 2.81. The normalized spacial score (nSPS) is 18.4. The minimum atomic E-state index is -0.524. The topological polar surface area (TPSA) is 49.4 Å². The van der Waals surface area contributed by atoms with E-state index in [2.05, 4.69) is 5.32 Å². The first-order valence-electron chi connectivity index (χ1n) is 6.54. The lowest BCUT2D eigenvalue weighted by Crippen LogP contribution is -2.44. The number of benzene rings is 1. The van der Waals surface area contributed by atoms with Gasteiger partial charge < -0.3 is 10.2 Å². The maximum atomic E-state index is 13.7. The van der Waals surface area contributed by atoms with Crippen molar-refractivity contribution in [2.24, 2.45) is 0 Å². The summed E-state index contributed by atoms with van der Waals surface area (Å²) in [5.74, 6) is -0.789. The van der Waals surface area contributed by atoms with E-state index in [1.165, 1.54) is 6.07 Å². The number of likely N-dealkylation sites (tertiary alicyclic amines) is 1. The zero-order valence-electron chi connectivity index (χ0n) is 11.2. The van der Waals surface area contributed by atoms with Gasteiger partial charge in [-0.3, -0.25) is 9.59 Å². The highest BCUT2D eigenvalue weighted by Crippen LogP contribution is 2.20. The summed E-state index contributed by atoms with van der Waals surface area (Å²) in [5, 5.41) is 2.69. The third-order valence-corrected chi connectivity index (χ3v) is 3.75. The van der Waals surface area contributed by atoms with Crippen LogP contribution in [-0.2, 0) is 16.1 Å².